The Hall–Kier alpha value is -1.95. The first-order valence-electron chi connectivity index (χ1n) is 7.55. The van der Waals surface area contributed by atoms with E-state index in [0.29, 0.717) is 37.9 Å². The highest BCUT2D eigenvalue weighted by atomic mass is 16.5. The fraction of sp³-hybridized carbons (Fsp3) is 0.562. The molecule has 0 saturated heterocycles. The standard InChI is InChI=1S/C16H26N2O4/c1-5-21-10-9-17-16(19)18-12(3)13-7-8-14(22-6-2)15(11-13)20-4/h7-8,11-12H,5-6,9-10H2,1-4H3,(H2,17,18,19). The predicted molar refractivity (Wildman–Crippen MR) is 85.6 cm³/mol. The lowest BCUT2D eigenvalue weighted by atomic mass is 10.1. The zero-order valence-corrected chi connectivity index (χ0v) is 13.8. The van der Waals surface area contributed by atoms with E-state index in [1.807, 2.05) is 39.0 Å². The van der Waals surface area contributed by atoms with Gasteiger partial charge in [-0.1, -0.05) is 6.07 Å². The van der Waals surface area contributed by atoms with Gasteiger partial charge < -0.3 is 24.8 Å². The molecule has 1 aromatic rings. The van der Waals surface area contributed by atoms with Gasteiger partial charge in [-0.15, -0.1) is 0 Å². The second-order valence-electron chi connectivity index (χ2n) is 4.66. The topological polar surface area (TPSA) is 68.8 Å². The Bertz CT molecular complexity index is 465. The summed E-state index contributed by atoms with van der Waals surface area (Å²) in [6.07, 6.45) is 0. The number of nitrogens with one attached hydrogen (secondary N) is 2. The van der Waals surface area contributed by atoms with Gasteiger partial charge in [0.25, 0.3) is 0 Å². The normalized spacial score (nSPS) is 11.6. The summed E-state index contributed by atoms with van der Waals surface area (Å²) in [4.78, 5) is 11.8. The molecule has 6 nitrogen and oxygen atoms in total. The molecule has 1 aromatic carbocycles. The summed E-state index contributed by atoms with van der Waals surface area (Å²) in [5, 5.41) is 5.62. The molecule has 0 saturated carbocycles. The highest BCUT2D eigenvalue weighted by molar-refractivity contribution is 5.74. The second-order valence-corrected chi connectivity index (χ2v) is 4.66. The van der Waals surface area contributed by atoms with Crippen LogP contribution >= 0.6 is 0 Å². The van der Waals surface area contributed by atoms with E-state index >= 15 is 0 Å². The Morgan fingerprint density at radius 1 is 1.23 bits per heavy atom. The zero-order valence-electron chi connectivity index (χ0n) is 13.8. The van der Waals surface area contributed by atoms with Crippen molar-refractivity contribution in [1.29, 1.82) is 0 Å². The highest BCUT2D eigenvalue weighted by Gasteiger charge is 2.12. The molecule has 0 heterocycles. The molecule has 1 atom stereocenters. The molecule has 0 aliphatic rings. The van der Waals surface area contributed by atoms with Gasteiger partial charge in [-0.2, -0.15) is 0 Å². The molecule has 1 rings (SSSR count). The third-order valence-corrected chi connectivity index (χ3v) is 3.07. The summed E-state index contributed by atoms with van der Waals surface area (Å²) in [5.74, 6) is 1.35. The molecular formula is C16H26N2O4. The van der Waals surface area contributed by atoms with Crippen LogP contribution in [0.3, 0.4) is 0 Å². The van der Waals surface area contributed by atoms with Crippen molar-refractivity contribution in [2.75, 3.05) is 33.5 Å². The molecule has 0 radical (unpaired) electrons. The minimum atomic E-state index is -0.222. The molecule has 6 heteroatoms. The second kappa shape index (κ2) is 9.89. The SMILES string of the molecule is CCOCCNC(=O)NC(C)c1ccc(OCC)c(OC)c1. The van der Waals surface area contributed by atoms with Crippen molar-refractivity contribution in [3.63, 3.8) is 0 Å². The third kappa shape index (κ3) is 5.81. The molecule has 2 amide bonds. The Morgan fingerprint density at radius 3 is 2.64 bits per heavy atom. The largest absolute Gasteiger partial charge is 0.493 e. The average Bonchev–Trinajstić information content (AvgIpc) is 2.52. The van der Waals surface area contributed by atoms with E-state index < -0.39 is 0 Å². The number of hydrogen-bond acceptors (Lipinski definition) is 4. The fourth-order valence-corrected chi connectivity index (χ4v) is 1.94. The molecule has 0 bridgehead atoms. The molecule has 0 fully saturated rings. The molecule has 0 aliphatic heterocycles. The lowest BCUT2D eigenvalue weighted by Gasteiger charge is -2.17. The lowest BCUT2D eigenvalue weighted by molar-refractivity contribution is 0.149. The van der Waals surface area contributed by atoms with Crippen molar-refractivity contribution in [2.24, 2.45) is 0 Å². The molecule has 1 unspecified atom stereocenters. The van der Waals surface area contributed by atoms with Gasteiger partial charge in [0.05, 0.1) is 26.4 Å². The molecule has 0 spiro atoms. The summed E-state index contributed by atoms with van der Waals surface area (Å²) < 4.78 is 16.0. The van der Waals surface area contributed by atoms with E-state index in [2.05, 4.69) is 10.6 Å². The molecule has 124 valence electrons. The van der Waals surface area contributed by atoms with E-state index in [-0.39, 0.29) is 12.1 Å². The Kier molecular flexibility index (Phi) is 8.14. The van der Waals surface area contributed by atoms with Gasteiger partial charge in [-0.25, -0.2) is 4.79 Å². The summed E-state index contributed by atoms with van der Waals surface area (Å²) in [6.45, 7) is 7.97. The Morgan fingerprint density at radius 2 is 2.00 bits per heavy atom. The molecule has 2 N–H and O–H groups in total. The van der Waals surface area contributed by atoms with Crippen molar-refractivity contribution in [3.8, 4) is 11.5 Å². The number of carbonyl (C=O) groups is 1. The molecule has 0 aromatic heterocycles. The maximum Gasteiger partial charge on any atom is 0.315 e. The van der Waals surface area contributed by atoms with Gasteiger partial charge >= 0.3 is 6.03 Å². The fourth-order valence-electron chi connectivity index (χ4n) is 1.94. The first kappa shape index (κ1) is 18.1. The number of benzene rings is 1. The first-order chi connectivity index (χ1) is 10.6. The summed E-state index contributed by atoms with van der Waals surface area (Å²) in [6, 6.07) is 5.27. The Labute approximate surface area is 132 Å². The van der Waals surface area contributed by atoms with Crippen LogP contribution in [0.4, 0.5) is 4.79 Å². The van der Waals surface area contributed by atoms with Crippen LogP contribution in [0.2, 0.25) is 0 Å². The number of carbonyl (C=O) groups excluding carboxylic acids is 1. The highest BCUT2D eigenvalue weighted by Crippen LogP contribution is 2.30. The van der Waals surface area contributed by atoms with E-state index in [1.165, 1.54) is 0 Å². The number of rotatable bonds is 9. The van der Waals surface area contributed by atoms with E-state index in [9.17, 15) is 4.79 Å². The maximum atomic E-state index is 11.8. The van der Waals surface area contributed by atoms with E-state index in [4.69, 9.17) is 14.2 Å². The van der Waals surface area contributed by atoms with Gasteiger partial charge in [0.1, 0.15) is 0 Å². The van der Waals surface area contributed by atoms with Crippen LogP contribution in [0.25, 0.3) is 0 Å². The van der Waals surface area contributed by atoms with Crippen LogP contribution in [-0.4, -0.2) is 39.5 Å². The van der Waals surface area contributed by atoms with Crippen molar-refractivity contribution in [3.05, 3.63) is 23.8 Å². The van der Waals surface area contributed by atoms with Gasteiger partial charge in [0.2, 0.25) is 0 Å². The molecular weight excluding hydrogens is 284 g/mol. The van der Waals surface area contributed by atoms with Gasteiger partial charge in [-0.3, -0.25) is 0 Å². The molecule has 22 heavy (non-hydrogen) atoms. The zero-order chi connectivity index (χ0) is 16.4. The van der Waals surface area contributed by atoms with E-state index in [0.717, 1.165) is 5.56 Å². The number of ether oxygens (including phenoxy) is 3. The average molecular weight is 310 g/mol. The minimum Gasteiger partial charge on any atom is -0.493 e. The predicted octanol–water partition coefficient (Wildman–Crippen LogP) is 2.49. The van der Waals surface area contributed by atoms with Crippen molar-refractivity contribution in [2.45, 2.75) is 26.8 Å². The van der Waals surface area contributed by atoms with E-state index in [1.54, 1.807) is 7.11 Å². The maximum absolute atomic E-state index is 11.8. The number of urea groups is 1. The number of methoxy groups -OCH3 is 1. The molecule has 0 aliphatic carbocycles. The smallest absolute Gasteiger partial charge is 0.315 e. The minimum absolute atomic E-state index is 0.142. The van der Waals surface area contributed by atoms with Crippen molar-refractivity contribution in [1.82, 2.24) is 10.6 Å². The number of amides is 2. The van der Waals surface area contributed by atoms with Crippen molar-refractivity contribution >= 4 is 6.03 Å². The van der Waals surface area contributed by atoms with Crippen LogP contribution in [0, 0.1) is 0 Å². The quantitative estimate of drug-likeness (QED) is 0.688. The first-order valence-corrected chi connectivity index (χ1v) is 7.55. The van der Waals surface area contributed by atoms with Crippen LogP contribution < -0.4 is 20.1 Å². The van der Waals surface area contributed by atoms with Crippen molar-refractivity contribution < 1.29 is 19.0 Å². The van der Waals surface area contributed by atoms with Gasteiger partial charge in [0.15, 0.2) is 11.5 Å². The van der Waals surface area contributed by atoms with Crippen LogP contribution in [0.15, 0.2) is 18.2 Å². The summed E-state index contributed by atoms with van der Waals surface area (Å²) in [5.41, 5.74) is 0.945. The summed E-state index contributed by atoms with van der Waals surface area (Å²) in [7, 11) is 1.60. The summed E-state index contributed by atoms with van der Waals surface area (Å²) >= 11 is 0. The lowest BCUT2D eigenvalue weighted by Crippen LogP contribution is -2.38. The number of hydrogen-bond donors (Lipinski definition) is 2. The van der Waals surface area contributed by atoms with Gasteiger partial charge in [0, 0.05) is 13.2 Å². The van der Waals surface area contributed by atoms with Gasteiger partial charge in [-0.05, 0) is 38.5 Å². The Balaban J connectivity index is 2.57. The van der Waals surface area contributed by atoms with Crippen LogP contribution in [0.5, 0.6) is 11.5 Å². The van der Waals surface area contributed by atoms with Crippen LogP contribution in [0.1, 0.15) is 32.4 Å². The van der Waals surface area contributed by atoms with Crippen LogP contribution in [-0.2, 0) is 4.74 Å². The third-order valence-electron chi connectivity index (χ3n) is 3.07. The monoisotopic (exact) mass is 310 g/mol.